The summed E-state index contributed by atoms with van der Waals surface area (Å²) >= 11 is 3.36. The number of amides is 1. The number of aromatic nitrogens is 3. The van der Waals surface area contributed by atoms with Crippen LogP contribution in [-0.4, -0.2) is 58.6 Å². The molecule has 9 heteroatoms. The summed E-state index contributed by atoms with van der Waals surface area (Å²) in [6, 6.07) is 9.03. The molecular weight excluding hydrogens is 436 g/mol. The zero-order chi connectivity index (χ0) is 20.4. The molecule has 1 aromatic carbocycles. The Morgan fingerprint density at radius 2 is 1.93 bits per heavy atom. The lowest BCUT2D eigenvalue weighted by Crippen LogP contribution is -2.44. The van der Waals surface area contributed by atoms with Crippen LogP contribution in [0.3, 0.4) is 0 Å². The first-order valence-corrected chi connectivity index (χ1v) is 10.1. The number of likely N-dealkylation sites (N-methyl/N-ethyl adjacent to an activating group) is 1. The van der Waals surface area contributed by atoms with Crippen molar-refractivity contribution in [3.8, 4) is 0 Å². The van der Waals surface area contributed by atoms with Gasteiger partial charge in [0.2, 0.25) is 5.91 Å². The van der Waals surface area contributed by atoms with Gasteiger partial charge in [0.25, 0.3) is 5.56 Å². The number of carbonyl (C=O) groups is 1. The molecule has 1 fully saturated rings. The molecule has 150 valence electrons. The minimum atomic E-state index is -0.308. The molecule has 0 bridgehead atoms. The Hall–Kier alpha value is -2.78. The van der Waals surface area contributed by atoms with Gasteiger partial charge in [-0.1, -0.05) is 15.9 Å². The summed E-state index contributed by atoms with van der Waals surface area (Å²) in [5.74, 6) is 0.592. The lowest BCUT2D eigenvalue weighted by molar-refractivity contribution is -0.116. The molecule has 1 aliphatic rings. The molecular formula is C20H21BrN6O2. The monoisotopic (exact) mass is 456 g/mol. The first kappa shape index (κ1) is 19.5. The van der Waals surface area contributed by atoms with Gasteiger partial charge in [0.1, 0.15) is 12.4 Å². The number of hydrogen-bond donors (Lipinski definition) is 1. The van der Waals surface area contributed by atoms with Crippen molar-refractivity contribution in [3.05, 3.63) is 57.7 Å². The molecule has 1 amide bonds. The topological polar surface area (TPSA) is 83.4 Å². The molecule has 1 N–H and O–H groups in total. The van der Waals surface area contributed by atoms with Crippen LogP contribution in [0.5, 0.6) is 0 Å². The van der Waals surface area contributed by atoms with Crippen LogP contribution in [0.15, 0.2) is 52.1 Å². The highest BCUT2D eigenvalue weighted by Gasteiger charge is 2.15. The SMILES string of the molecule is CN1CCN(c2ccc(NC(=O)Cn3cnc4ccc(Br)cc4c3=O)cn2)CC1. The summed E-state index contributed by atoms with van der Waals surface area (Å²) in [6.07, 6.45) is 3.04. The number of hydrogen-bond acceptors (Lipinski definition) is 6. The van der Waals surface area contributed by atoms with Crippen LogP contribution in [0.1, 0.15) is 0 Å². The standard InChI is InChI=1S/C20H21BrN6O2/c1-25-6-8-26(9-7-25)18-5-3-15(11-22-18)24-19(28)12-27-13-23-17-4-2-14(21)10-16(17)20(27)29/h2-5,10-11,13H,6-9,12H2,1H3,(H,24,28). The molecule has 2 aromatic heterocycles. The Labute approximate surface area is 176 Å². The Morgan fingerprint density at radius 1 is 1.14 bits per heavy atom. The van der Waals surface area contributed by atoms with Crippen LogP contribution in [0.25, 0.3) is 10.9 Å². The average Bonchev–Trinajstić information content (AvgIpc) is 2.72. The number of halogens is 1. The molecule has 0 atom stereocenters. The first-order chi connectivity index (χ1) is 14.0. The van der Waals surface area contributed by atoms with Gasteiger partial charge in [0.15, 0.2) is 0 Å². The number of pyridine rings is 1. The van der Waals surface area contributed by atoms with Crippen molar-refractivity contribution < 1.29 is 4.79 Å². The highest BCUT2D eigenvalue weighted by Crippen LogP contribution is 2.16. The van der Waals surface area contributed by atoms with E-state index < -0.39 is 0 Å². The number of benzene rings is 1. The van der Waals surface area contributed by atoms with E-state index in [0.29, 0.717) is 16.6 Å². The fourth-order valence-corrected chi connectivity index (χ4v) is 3.64. The summed E-state index contributed by atoms with van der Waals surface area (Å²) in [5, 5.41) is 3.25. The number of nitrogens with one attached hydrogen (secondary N) is 1. The Kier molecular flexibility index (Phi) is 5.59. The predicted molar refractivity (Wildman–Crippen MR) is 116 cm³/mol. The van der Waals surface area contributed by atoms with Crippen LogP contribution in [0, 0.1) is 0 Å². The molecule has 1 saturated heterocycles. The van der Waals surface area contributed by atoms with Gasteiger partial charge in [0, 0.05) is 30.7 Å². The molecule has 0 spiro atoms. The van der Waals surface area contributed by atoms with Gasteiger partial charge in [-0.3, -0.25) is 14.2 Å². The predicted octanol–water partition coefficient (Wildman–Crippen LogP) is 1.94. The average molecular weight is 457 g/mol. The molecule has 8 nitrogen and oxygen atoms in total. The normalized spacial score (nSPS) is 14.9. The summed E-state index contributed by atoms with van der Waals surface area (Å²) in [5.41, 5.74) is 0.936. The third-order valence-electron chi connectivity index (χ3n) is 4.96. The third-order valence-corrected chi connectivity index (χ3v) is 5.45. The highest BCUT2D eigenvalue weighted by atomic mass is 79.9. The van der Waals surface area contributed by atoms with Crippen molar-refractivity contribution in [3.63, 3.8) is 0 Å². The van der Waals surface area contributed by atoms with E-state index >= 15 is 0 Å². The lowest BCUT2D eigenvalue weighted by Gasteiger charge is -2.33. The first-order valence-electron chi connectivity index (χ1n) is 9.34. The number of rotatable bonds is 4. The minimum Gasteiger partial charge on any atom is -0.354 e. The van der Waals surface area contributed by atoms with E-state index in [1.165, 1.54) is 10.9 Å². The van der Waals surface area contributed by atoms with Gasteiger partial charge in [-0.25, -0.2) is 9.97 Å². The van der Waals surface area contributed by atoms with Gasteiger partial charge in [0.05, 0.1) is 29.1 Å². The van der Waals surface area contributed by atoms with Gasteiger partial charge in [-0.2, -0.15) is 0 Å². The van der Waals surface area contributed by atoms with Gasteiger partial charge < -0.3 is 15.1 Å². The quantitative estimate of drug-likeness (QED) is 0.645. The largest absolute Gasteiger partial charge is 0.354 e. The molecule has 3 aromatic rings. The van der Waals surface area contributed by atoms with Crippen LogP contribution in [0.4, 0.5) is 11.5 Å². The van der Waals surface area contributed by atoms with Crippen molar-refractivity contribution in [1.82, 2.24) is 19.4 Å². The molecule has 0 aliphatic carbocycles. The Bertz CT molecular complexity index is 1090. The van der Waals surface area contributed by atoms with E-state index in [-0.39, 0.29) is 18.0 Å². The van der Waals surface area contributed by atoms with Crippen LogP contribution in [0.2, 0.25) is 0 Å². The maximum Gasteiger partial charge on any atom is 0.261 e. The molecule has 0 unspecified atom stereocenters. The fraction of sp³-hybridized carbons (Fsp3) is 0.300. The maximum atomic E-state index is 12.6. The van der Waals surface area contributed by atoms with Crippen molar-refractivity contribution in [2.24, 2.45) is 0 Å². The van der Waals surface area contributed by atoms with E-state index in [9.17, 15) is 9.59 Å². The van der Waals surface area contributed by atoms with Crippen molar-refractivity contribution >= 4 is 44.2 Å². The molecule has 0 saturated carbocycles. The van der Waals surface area contributed by atoms with Crippen molar-refractivity contribution in [1.29, 1.82) is 0 Å². The third kappa shape index (κ3) is 4.46. The van der Waals surface area contributed by atoms with Crippen molar-refractivity contribution in [2.45, 2.75) is 6.54 Å². The van der Waals surface area contributed by atoms with Crippen LogP contribution in [-0.2, 0) is 11.3 Å². The van der Waals surface area contributed by atoms with Gasteiger partial charge in [-0.05, 0) is 37.4 Å². The fourth-order valence-electron chi connectivity index (χ4n) is 3.28. The second-order valence-corrected chi connectivity index (χ2v) is 8.00. The number of piperazine rings is 1. The molecule has 3 heterocycles. The second kappa shape index (κ2) is 8.30. The molecule has 1 aliphatic heterocycles. The van der Waals surface area contributed by atoms with Gasteiger partial charge >= 0.3 is 0 Å². The van der Waals surface area contributed by atoms with E-state index in [1.807, 2.05) is 18.2 Å². The smallest absolute Gasteiger partial charge is 0.261 e. The number of fused-ring (bicyclic) bond motifs is 1. The van der Waals surface area contributed by atoms with E-state index in [4.69, 9.17) is 0 Å². The highest BCUT2D eigenvalue weighted by molar-refractivity contribution is 9.10. The Balaban J connectivity index is 1.43. The second-order valence-electron chi connectivity index (χ2n) is 7.08. The summed E-state index contributed by atoms with van der Waals surface area (Å²) in [6.45, 7) is 3.76. The van der Waals surface area contributed by atoms with E-state index in [0.717, 1.165) is 36.5 Å². The zero-order valence-electron chi connectivity index (χ0n) is 16.0. The zero-order valence-corrected chi connectivity index (χ0v) is 17.6. The summed E-state index contributed by atoms with van der Waals surface area (Å²) in [4.78, 5) is 38.2. The molecule has 0 radical (unpaired) electrons. The summed E-state index contributed by atoms with van der Waals surface area (Å²) in [7, 11) is 2.11. The molecule has 4 rings (SSSR count). The lowest BCUT2D eigenvalue weighted by atomic mass is 10.2. The van der Waals surface area contributed by atoms with Gasteiger partial charge in [-0.15, -0.1) is 0 Å². The number of nitrogens with zero attached hydrogens (tertiary/aromatic N) is 5. The van der Waals surface area contributed by atoms with E-state index in [2.05, 4.69) is 48.1 Å². The summed E-state index contributed by atoms with van der Waals surface area (Å²) < 4.78 is 2.09. The molecule has 29 heavy (non-hydrogen) atoms. The number of anilines is 2. The Morgan fingerprint density at radius 3 is 2.66 bits per heavy atom. The van der Waals surface area contributed by atoms with Crippen molar-refractivity contribution in [2.75, 3.05) is 43.4 Å². The van der Waals surface area contributed by atoms with Crippen LogP contribution < -0.4 is 15.8 Å². The van der Waals surface area contributed by atoms with Crippen LogP contribution >= 0.6 is 15.9 Å². The number of carbonyl (C=O) groups excluding carboxylic acids is 1. The maximum absolute atomic E-state index is 12.6. The minimum absolute atomic E-state index is 0.117. The van der Waals surface area contributed by atoms with E-state index in [1.54, 1.807) is 18.3 Å².